The molecule has 1 saturated heterocycles. The number of hydrogen-bond donors (Lipinski definition) is 1. The highest BCUT2D eigenvalue weighted by molar-refractivity contribution is 5.83. The summed E-state index contributed by atoms with van der Waals surface area (Å²) in [4.78, 5) is 37.1. The zero-order valence-electron chi connectivity index (χ0n) is 23.2. The molecule has 1 aromatic rings. The maximum absolute atomic E-state index is 12.4. The molecule has 226 valence electrons. The zero-order chi connectivity index (χ0) is 27.0. The van der Waals surface area contributed by atoms with E-state index in [0.29, 0.717) is 35.7 Å². The molecule has 0 spiro atoms. The number of aldehydes is 1. The fraction of sp³-hybridized carbons (Fsp3) is 0.629. The van der Waals surface area contributed by atoms with Gasteiger partial charge in [-0.2, -0.15) is 0 Å². The number of carbonyl (C=O) groups is 3. The number of aryl methyl sites for hydroxylation is 1. The number of Topliss-reactive ketones (excluding diaryl/α,β-unsaturated/α-hetero) is 2. The molecule has 2 atom stereocenters. The van der Waals surface area contributed by atoms with Crippen molar-refractivity contribution in [1.29, 1.82) is 0 Å². The fourth-order valence-electron chi connectivity index (χ4n) is 6.62. The van der Waals surface area contributed by atoms with Gasteiger partial charge in [-0.1, -0.05) is 51.3 Å². The predicted molar refractivity (Wildman–Crippen MR) is 172 cm³/mol. The van der Waals surface area contributed by atoms with Crippen molar-refractivity contribution in [2.24, 2.45) is 28.9 Å². The molecule has 4 aliphatic rings. The first-order chi connectivity index (χ1) is 18.5. The average molecular weight is 555 g/mol. The molecule has 5 nitrogen and oxygen atoms in total. The minimum absolute atomic E-state index is 0. The molecule has 1 aliphatic heterocycles. The highest BCUT2D eigenvalue weighted by Crippen LogP contribution is 2.47. The molecule has 1 heterocycles. The predicted octanol–water partition coefficient (Wildman–Crippen LogP) is 7.90. The molecule has 0 radical (unpaired) electrons. The van der Waals surface area contributed by atoms with Gasteiger partial charge in [0.1, 0.15) is 17.9 Å². The van der Waals surface area contributed by atoms with E-state index in [1.807, 2.05) is 6.08 Å². The third-order valence-electron chi connectivity index (χ3n) is 9.28. The van der Waals surface area contributed by atoms with Crippen molar-refractivity contribution in [2.45, 2.75) is 98.8 Å². The van der Waals surface area contributed by atoms with Gasteiger partial charge < -0.3 is 10.6 Å². The summed E-state index contributed by atoms with van der Waals surface area (Å²) in [5.74, 6) is 2.20. The SMILES string of the molecule is C.C.Cc1ccccc1N1CCC(C2(CCC(=O)C3CC3)C=CC(C=O)=CC2)CC1.NCCCC1CCCC1=O.[HH].[HH]. The second-order valence-corrected chi connectivity index (χ2v) is 11.9. The van der Waals surface area contributed by atoms with Crippen LogP contribution >= 0.6 is 0 Å². The van der Waals surface area contributed by atoms with Crippen molar-refractivity contribution in [3.05, 3.63) is 53.6 Å². The maximum atomic E-state index is 12.4. The Kier molecular flexibility index (Phi) is 13.5. The number of allylic oxidation sites excluding steroid dienone is 4. The summed E-state index contributed by atoms with van der Waals surface area (Å²) in [5, 5.41) is 0. The van der Waals surface area contributed by atoms with Crippen LogP contribution in [0.5, 0.6) is 0 Å². The summed E-state index contributed by atoms with van der Waals surface area (Å²) in [6.45, 7) is 5.03. The van der Waals surface area contributed by atoms with Gasteiger partial charge in [0, 0.05) is 51.9 Å². The first-order valence-electron chi connectivity index (χ1n) is 14.9. The Morgan fingerprint density at radius 1 is 1.12 bits per heavy atom. The van der Waals surface area contributed by atoms with E-state index < -0.39 is 0 Å². The Bertz CT molecular complexity index is 1040. The topological polar surface area (TPSA) is 80.5 Å². The second-order valence-electron chi connectivity index (χ2n) is 11.9. The molecule has 3 fully saturated rings. The van der Waals surface area contributed by atoms with Crippen molar-refractivity contribution in [2.75, 3.05) is 24.5 Å². The normalized spacial score (nSPS) is 24.2. The minimum Gasteiger partial charge on any atom is -0.371 e. The van der Waals surface area contributed by atoms with Crippen LogP contribution in [0.4, 0.5) is 5.69 Å². The van der Waals surface area contributed by atoms with Crippen LogP contribution in [-0.2, 0) is 14.4 Å². The lowest BCUT2D eigenvalue weighted by Gasteiger charge is -2.45. The van der Waals surface area contributed by atoms with Gasteiger partial charge in [0.25, 0.3) is 0 Å². The Hall–Kier alpha value is -2.53. The third kappa shape index (κ3) is 8.73. The van der Waals surface area contributed by atoms with E-state index in [1.54, 1.807) is 0 Å². The van der Waals surface area contributed by atoms with Gasteiger partial charge in [-0.15, -0.1) is 0 Å². The van der Waals surface area contributed by atoms with Gasteiger partial charge >= 0.3 is 0 Å². The quantitative estimate of drug-likeness (QED) is 0.297. The van der Waals surface area contributed by atoms with E-state index in [9.17, 15) is 14.4 Å². The van der Waals surface area contributed by atoms with Crippen LogP contribution in [0, 0.1) is 30.1 Å². The molecule has 5 rings (SSSR count). The van der Waals surface area contributed by atoms with E-state index in [1.165, 1.54) is 11.3 Å². The minimum atomic E-state index is 0. The smallest absolute Gasteiger partial charge is 0.149 e. The van der Waals surface area contributed by atoms with Crippen LogP contribution in [0.25, 0.3) is 0 Å². The average Bonchev–Trinajstić information content (AvgIpc) is 3.73. The van der Waals surface area contributed by atoms with E-state index in [2.05, 4.69) is 48.2 Å². The molecule has 0 bridgehead atoms. The lowest BCUT2D eigenvalue weighted by Crippen LogP contribution is -2.41. The van der Waals surface area contributed by atoms with E-state index in [0.717, 1.165) is 102 Å². The number of carbonyl (C=O) groups excluding carboxylic acids is 3. The number of nitrogens with zero attached hydrogens (tertiary/aromatic N) is 1. The number of benzene rings is 1. The number of ketones is 2. The Morgan fingerprint density at radius 2 is 1.85 bits per heavy atom. The lowest BCUT2D eigenvalue weighted by atomic mass is 9.64. The van der Waals surface area contributed by atoms with Crippen molar-refractivity contribution in [3.8, 4) is 0 Å². The molecule has 3 aliphatic carbocycles. The maximum Gasteiger partial charge on any atom is 0.149 e. The molecule has 2 N–H and O–H groups in total. The molecule has 2 unspecified atom stereocenters. The van der Waals surface area contributed by atoms with E-state index >= 15 is 0 Å². The van der Waals surface area contributed by atoms with E-state index in [4.69, 9.17) is 5.73 Å². The lowest BCUT2D eigenvalue weighted by molar-refractivity contribution is -0.121. The number of para-hydroxylation sites is 1. The van der Waals surface area contributed by atoms with Crippen LogP contribution in [0.15, 0.2) is 48.1 Å². The summed E-state index contributed by atoms with van der Waals surface area (Å²) in [7, 11) is 0. The largest absolute Gasteiger partial charge is 0.371 e. The summed E-state index contributed by atoms with van der Waals surface area (Å²) in [6, 6.07) is 8.62. The van der Waals surface area contributed by atoms with Gasteiger partial charge in [-0.05, 0) is 101 Å². The highest BCUT2D eigenvalue weighted by atomic mass is 16.1. The van der Waals surface area contributed by atoms with Crippen molar-refractivity contribution >= 4 is 23.5 Å². The van der Waals surface area contributed by atoms with Crippen LogP contribution in [0.3, 0.4) is 0 Å². The number of piperidine rings is 1. The molecular formula is C35H58N2O3. The first kappa shape index (κ1) is 33.7. The Morgan fingerprint density at radius 3 is 2.40 bits per heavy atom. The molecule has 5 heteroatoms. The van der Waals surface area contributed by atoms with Gasteiger partial charge in [0.15, 0.2) is 0 Å². The standard InChI is InChI=1S/C25H31NO2.C8H15NO.2CH4.2H2/c1-19-4-2-3-5-23(19)26-16-11-22(12-17-26)25(13-8-20(18-27)9-14-25)15-10-24(28)21-6-7-21;9-6-2-4-7-3-1-5-8(7)10;;;;/h2-5,8-9,13,18,21-22H,6-7,10-12,14-17H2,1H3;7H,1-6,9H2;2*1H4;2*1H. The van der Waals surface area contributed by atoms with Crippen LogP contribution in [-0.4, -0.2) is 37.5 Å². The molecule has 2 saturated carbocycles. The summed E-state index contributed by atoms with van der Waals surface area (Å²) >= 11 is 0. The number of rotatable bonds is 10. The van der Waals surface area contributed by atoms with Crippen LogP contribution < -0.4 is 10.6 Å². The summed E-state index contributed by atoms with van der Waals surface area (Å²) < 4.78 is 0. The third-order valence-corrected chi connectivity index (χ3v) is 9.28. The first-order valence-corrected chi connectivity index (χ1v) is 14.9. The number of nitrogens with two attached hydrogens (primary N) is 1. The molecular weight excluding hydrogens is 496 g/mol. The number of anilines is 1. The molecule has 1 aromatic carbocycles. The number of hydrogen-bond acceptors (Lipinski definition) is 5. The van der Waals surface area contributed by atoms with Gasteiger partial charge in [-0.25, -0.2) is 0 Å². The summed E-state index contributed by atoms with van der Waals surface area (Å²) in [5.41, 5.74) is 8.84. The molecule has 40 heavy (non-hydrogen) atoms. The van der Waals surface area contributed by atoms with Crippen molar-refractivity contribution < 1.29 is 17.2 Å². The van der Waals surface area contributed by atoms with Crippen LogP contribution in [0.1, 0.15) is 100 Å². The van der Waals surface area contributed by atoms with Crippen molar-refractivity contribution in [3.63, 3.8) is 0 Å². The zero-order valence-corrected chi connectivity index (χ0v) is 23.2. The Balaban J connectivity index is 0.00000104. The fourth-order valence-corrected chi connectivity index (χ4v) is 6.62. The van der Waals surface area contributed by atoms with E-state index in [-0.39, 0.29) is 23.1 Å². The monoisotopic (exact) mass is 554 g/mol. The molecule has 0 aromatic heterocycles. The molecule has 0 amide bonds. The van der Waals surface area contributed by atoms with Gasteiger partial charge in [0.05, 0.1) is 0 Å². The summed E-state index contributed by atoms with van der Waals surface area (Å²) in [6.07, 6.45) is 19.3. The van der Waals surface area contributed by atoms with Gasteiger partial charge in [0.2, 0.25) is 0 Å². The van der Waals surface area contributed by atoms with Crippen LogP contribution in [0.2, 0.25) is 0 Å². The highest BCUT2D eigenvalue weighted by Gasteiger charge is 2.40. The van der Waals surface area contributed by atoms with Gasteiger partial charge in [-0.3, -0.25) is 14.4 Å². The Labute approximate surface area is 246 Å². The second kappa shape index (κ2) is 16.0. The van der Waals surface area contributed by atoms with Crippen molar-refractivity contribution in [1.82, 2.24) is 0 Å².